The van der Waals surface area contributed by atoms with Crippen molar-refractivity contribution in [2.45, 2.75) is 27.2 Å². The van der Waals surface area contributed by atoms with Crippen molar-refractivity contribution in [2.75, 3.05) is 18.0 Å². The monoisotopic (exact) mass is 276 g/mol. The number of carboxylic acid groups (broad SMARTS) is 1. The fourth-order valence-corrected chi connectivity index (χ4v) is 2.16. The number of nitrogens with zero attached hydrogens (tertiary/aromatic N) is 1. The van der Waals surface area contributed by atoms with Gasteiger partial charge in [0.2, 0.25) is 0 Å². The van der Waals surface area contributed by atoms with Crippen molar-refractivity contribution in [2.24, 2.45) is 5.41 Å². The van der Waals surface area contributed by atoms with Gasteiger partial charge in [-0.05, 0) is 29.5 Å². The van der Waals surface area contributed by atoms with Crippen molar-refractivity contribution >= 4 is 17.7 Å². The molecule has 0 spiro atoms. The van der Waals surface area contributed by atoms with E-state index in [9.17, 15) is 9.59 Å². The molecule has 1 aromatic rings. The summed E-state index contributed by atoms with van der Waals surface area (Å²) in [4.78, 5) is 24.8. The minimum atomic E-state index is -0.977. The van der Waals surface area contributed by atoms with E-state index in [-0.39, 0.29) is 17.0 Å². The number of carboxylic acids is 1. The van der Waals surface area contributed by atoms with Gasteiger partial charge in [-0.1, -0.05) is 26.8 Å². The fraction of sp³-hybridized carbons (Fsp3) is 0.467. The van der Waals surface area contributed by atoms with Gasteiger partial charge in [-0.2, -0.15) is 0 Å². The quantitative estimate of drug-likeness (QED) is 0.872. The van der Waals surface area contributed by atoms with Crippen molar-refractivity contribution in [1.29, 1.82) is 0 Å². The molecule has 0 aliphatic carbocycles. The number of carbonyl (C=O) groups excluding carboxylic acids is 1. The molecule has 5 nitrogen and oxygen atoms in total. The van der Waals surface area contributed by atoms with Gasteiger partial charge >= 0.3 is 12.0 Å². The molecule has 0 bridgehead atoms. The van der Waals surface area contributed by atoms with Gasteiger partial charge < -0.3 is 10.4 Å². The minimum Gasteiger partial charge on any atom is -0.478 e. The van der Waals surface area contributed by atoms with E-state index in [4.69, 9.17) is 5.11 Å². The fourth-order valence-electron chi connectivity index (χ4n) is 2.16. The van der Waals surface area contributed by atoms with Crippen molar-refractivity contribution in [3.63, 3.8) is 0 Å². The summed E-state index contributed by atoms with van der Waals surface area (Å²) in [6.45, 7) is 7.32. The second-order valence-electron chi connectivity index (χ2n) is 6.27. The third kappa shape index (κ3) is 3.10. The number of amides is 2. The molecular formula is C15H20N2O3. The molecule has 1 heterocycles. The van der Waals surface area contributed by atoms with Crippen LogP contribution in [0.3, 0.4) is 0 Å². The van der Waals surface area contributed by atoms with Gasteiger partial charge in [0.25, 0.3) is 0 Å². The van der Waals surface area contributed by atoms with Crippen LogP contribution in [0.4, 0.5) is 10.5 Å². The Kier molecular flexibility index (Phi) is 3.70. The number of benzene rings is 1. The van der Waals surface area contributed by atoms with E-state index in [1.165, 1.54) is 0 Å². The second-order valence-corrected chi connectivity index (χ2v) is 6.27. The Morgan fingerprint density at radius 2 is 2.05 bits per heavy atom. The maximum atomic E-state index is 12.2. The lowest BCUT2D eigenvalue weighted by Crippen LogP contribution is -2.42. The molecular weight excluding hydrogens is 256 g/mol. The lowest BCUT2D eigenvalue weighted by Gasteiger charge is -2.23. The third-order valence-electron chi connectivity index (χ3n) is 3.24. The average molecular weight is 276 g/mol. The summed E-state index contributed by atoms with van der Waals surface area (Å²) in [7, 11) is 0. The molecule has 0 aromatic heterocycles. The topological polar surface area (TPSA) is 69.6 Å². The van der Waals surface area contributed by atoms with Crippen molar-refractivity contribution in [1.82, 2.24) is 5.32 Å². The lowest BCUT2D eigenvalue weighted by atomic mass is 9.97. The van der Waals surface area contributed by atoms with Crippen LogP contribution in [0.5, 0.6) is 0 Å². The number of hydrogen-bond donors (Lipinski definition) is 2. The van der Waals surface area contributed by atoms with E-state index in [2.05, 4.69) is 5.32 Å². The van der Waals surface area contributed by atoms with Crippen LogP contribution < -0.4 is 10.2 Å². The summed E-state index contributed by atoms with van der Waals surface area (Å²) in [6, 6.07) is 4.77. The number of rotatable bonds is 2. The molecule has 0 saturated carbocycles. The summed E-state index contributed by atoms with van der Waals surface area (Å²) in [5, 5.41) is 11.9. The number of aromatic carboxylic acids is 1. The first-order valence-electron chi connectivity index (χ1n) is 6.69. The zero-order chi connectivity index (χ0) is 14.9. The summed E-state index contributed by atoms with van der Waals surface area (Å²) < 4.78 is 0. The van der Waals surface area contributed by atoms with Crippen LogP contribution in [-0.2, 0) is 6.42 Å². The molecule has 0 saturated heterocycles. The number of anilines is 1. The van der Waals surface area contributed by atoms with Gasteiger partial charge in [0.15, 0.2) is 0 Å². The molecule has 1 aliphatic rings. The third-order valence-corrected chi connectivity index (χ3v) is 3.24. The SMILES string of the molecule is CC(C)(C)CNC(=O)N1CCc2ccc(C(=O)O)cc21. The van der Waals surface area contributed by atoms with Crippen molar-refractivity contribution < 1.29 is 14.7 Å². The highest BCUT2D eigenvalue weighted by molar-refractivity contribution is 5.97. The molecule has 0 radical (unpaired) electrons. The number of carbonyl (C=O) groups is 2. The first-order valence-corrected chi connectivity index (χ1v) is 6.69. The Balaban J connectivity index is 2.16. The molecule has 2 amide bonds. The Labute approximate surface area is 118 Å². The maximum absolute atomic E-state index is 12.2. The predicted octanol–water partition coefficient (Wildman–Crippen LogP) is 2.50. The van der Waals surface area contributed by atoms with E-state index in [1.54, 1.807) is 23.1 Å². The van der Waals surface area contributed by atoms with Crippen LogP contribution in [0, 0.1) is 5.41 Å². The van der Waals surface area contributed by atoms with Gasteiger partial charge in [0.05, 0.1) is 5.56 Å². The van der Waals surface area contributed by atoms with E-state index in [0.717, 1.165) is 12.0 Å². The van der Waals surface area contributed by atoms with Gasteiger partial charge in [-0.3, -0.25) is 4.90 Å². The first-order chi connectivity index (χ1) is 9.28. The lowest BCUT2D eigenvalue weighted by molar-refractivity contribution is 0.0697. The molecule has 20 heavy (non-hydrogen) atoms. The summed E-state index contributed by atoms with van der Waals surface area (Å²) in [6.07, 6.45) is 0.762. The van der Waals surface area contributed by atoms with E-state index < -0.39 is 5.97 Å². The van der Waals surface area contributed by atoms with Crippen LogP contribution in [0.2, 0.25) is 0 Å². The number of nitrogens with one attached hydrogen (secondary N) is 1. The Hall–Kier alpha value is -2.04. The van der Waals surface area contributed by atoms with E-state index >= 15 is 0 Å². The highest BCUT2D eigenvalue weighted by Gasteiger charge is 2.26. The first kappa shape index (κ1) is 14.4. The Morgan fingerprint density at radius 3 is 2.65 bits per heavy atom. The number of hydrogen-bond acceptors (Lipinski definition) is 2. The standard InChI is InChI=1S/C15H20N2O3/c1-15(2,3)9-16-14(20)17-7-6-10-4-5-11(13(18)19)8-12(10)17/h4-5,8H,6-7,9H2,1-3H3,(H,16,20)(H,18,19). The molecule has 1 aliphatic heterocycles. The molecule has 108 valence electrons. The van der Waals surface area contributed by atoms with Crippen molar-refractivity contribution in [3.05, 3.63) is 29.3 Å². The van der Waals surface area contributed by atoms with Gasteiger partial charge in [-0.15, -0.1) is 0 Å². The van der Waals surface area contributed by atoms with Crippen LogP contribution in [-0.4, -0.2) is 30.2 Å². The van der Waals surface area contributed by atoms with Crippen LogP contribution in [0.25, 0.3) is 0 Å². The molecule has 2 N–H and O–H groups in total. The maximum Gasteiger partial charge on any atom is 0.335 e. The summed E-state index contributed by atoms with van der Waals surface area (Å²) in [5.74, 6) is -0.977. The molecule has 5 heteroatoms. The van der Waals surface area contributed by atoms with Crippen LogP contribution in [0.15, 0.2) is 18.2 Å². The molecule has 0 fully saturated rings. The van der Waals surface area contributed by atoms with Crippen molar-refractivity contribution in [3.8, 4) is 0 Å². The minimum absolute atomic E-state index is 0.0150. The van der Waals surface area contributed by atoms with Gasteiger partial charge in [0, 0.05) is 18.8 Å². The predicted molar refractivity (Wildman–Crippen MR) is 77.3 cm³/mol. The second kappa shape index (κ2) is 5.15. The molecule has 0 unspecified atom stereocenters. The highest BCUT2D eigenvalue weighted by Crippen LogP contribution is 2.29. The summed E-state index contributed by atoms with van der Waals surface area (Å²) in [5.41, 5.74) is 1.94. The molecule has 1 aromatic carbocycles. The van der Waals surface area contributed by atoms with E-state index in [1.807, 2.05) is 20.8 Å². The normalized spacial score (nSPS) is 14.1. The zero-order valence-corrected chi connectivity index (χ0v) is 12.1. The van der Waals surface area contributed by atoms with Crippen LogP contribution >= 0.6 is 0 Å². The number of urea groups is 1. The largest absolute Gasteiger partial charge is 0.478 e. The molecule has 0 atom stereocenters. The van der Waals surface area contributed by atoms with E-state index in [0.29, 0.717) is 18.8 Å². The van der Waals surface area contributed by atoms with Gasteiger partial charge in [0.1, 0.15) is 0 Å². The highest BCUT2D eigenvalue weighted by atomic mass is 16.4. The van der Waals surface area contributed by atoms with Crippen LogP contribution in [0.1, 0.15) is 36.7 Å². The Bertz CT molecular complexity index is 547. The molecule has 2 rings (SSSR count). The summed E-state index contributed by atoms with van der Waals surface area (Å²) >= 11 is 0. The Morgan fingerprint density at radius 1 is 1.35 bits per heavy atom. The van der Waals surface area contributed by atoms with Gasteiger partial charge in [-0.25, -0.2) is 9.59 Å². The smallest absolute Gasteiger partial charge is 0.335 e. The average Bonchev–Trinajstić information content (AvgIpc) is 2.77. The zero-order valence-electron chi connectivity index (χ0n) is 12.1. The number of fused-ring (bicyclic) bond motifs is 1.